The molecule has 0 saturated carbocycles. The van der Waals surface area contributed by atoms with Gasteiger partial charge in [0.15, 0.2) is 0 Å². The lowest BCUT2D eigenvalue weighted by Crippen LogP contribution is -2.40. The highest BCUT2D eigenvalue weighted by molar-refractivity contribution is 5.99. The third-order valence-electron chi connectivity index (χ3n) is 3.00. The van der Waals surface area contributed by atoms with Crippen LogP contribution in [0.2, 0.25) is 0 Å². The fourth-order valence-corrected chi connectivity index (χ4v) is 1.94. The van der Waals surface area contributed by atoms with Crippen LogP contribution in [-0.4, -0.2) is 58.4 Å². The predicted octanol–water partition coefficient (Wildman–Crippen LogP) is 3.05. The number of alkyl carbamates (subject to hydrolysis) is 2. The number of nitrogens with zero attached hydrogens (tertiary/aromatic N) is 3. The second-order valence-corrected chi connectivity index (χ2v) is 8.26. The number of carbonyl (C=O) groups excluding carboxylic acids is 3. The third kappa shape index (κ3) is 11.7. The molecule has 0 saturated heterocycles. The molecular weight excluding hydrogens is 394 g/mol. The monoisotopic (exact) mass is 425 g/mol. The first kappa shape index (κ1) is 24.9. The second-order valence-electron chi connectivity index (χ2n) is 8.26. The summed E-state index contributed by atoms with van der Waals surface area (Å²) in [4.78, 5) is 39.2. The van der Waals surface area contributed by atoms with Crippen LogP contribution in [0.3, 0.4) is 0 Å². The molecule has 0 bridgehead atoms. The first-order chi connectivity index (χ1) is 13.9. The summed E-state index contributed by atoms with van der Waals surface area (Å²) in [5.74, 6) is -0.147. The molecule has 30 heavy (non-hydrogen) atoms. The molecule has 0 fully saturated rings. The van der Waals surface area contributed by atoms with Gasteiger partial charge in [-0.25, -0.2) is 19.1 Å². The van der Waals surface area contributed by atoms with E-state index in [1.165, 1.54) is 17.1 Å². The fraction of sp³-hybridized carbons (Fsp3) is 0.632. The smallest absolute Gasteiger partial charge is 0.436 e. The van der Waals surface area contributed by atoms with Crippen molar-refractivity contribution in [3.05, 3.63) is 18.5 Å². The zero-order valence-electron chi connectivity index (χ0n) is 18.4. The normalized spacial score (nSPS) is 12.1. The first-order valence-corrected chi connectivity index (χ1v) is 9.58. The van der Waals surface area contributed by atoms with Gasteiger partial charge in [-0.05, 0) is 60.5 Å². The van der Waals surface area contributed by atoms with E-state index < -0.39 is 29.5 Å². The van der Waals surface area contributed by atoms with Crippen LogP contribution in [0.25, 0.3) is 0 Å². The molecule has 11 nitrogen and oxygen atoms in total. The SMILES string of the molecule is CC(C)(C)OC(=O)NCCCCOC(=O)N=C(NC(=O)OC(C)(C)C)n1cccn1. The molecule has 0 atom stereocenters. The molecule has 0 aliphatic carbocycles. The van der Waals surface area contributed by atoms with Crippen molar-refractivity contribution in [2.45, 2.75) is 65.6 Å². The van der Waals surface area contributed by atoms with E-state index in [1.807, 2.05) is 0 Å². The summed E-state index contributed by atoms with van der Waals surface area (Å²) < 4.78 is 16.5. The molecule has 0 aliphatic heterocycles. The van der Waals surface area contributed by atoms with Crippen molar-refractivity contribution in [1.29, 1.82) is 0 Å². The number of amides is 3. The Kier molecular flexibility index (Phi) is 9.28. The third-order valence-corrected chi connectivity index (χ3v) is 3.00. The molecule has 1 aromatic rings. The van der Waals surface area contributed by atoms with Gasteiger partial charge in [0.05, 0.1) is 6.61 Å². The lowest BCUT2D eigenvalue weighted by molar-refractivity contribution is 0.0521. The van der Waals surface area contributed by atoms with Gasteiger partial charge in [-0.15, -0.1) is 4.99 Å². The van der Waals surface area contributed by atoms with Crippen molar-refractivity contribution in [2.24, 2.45) is 4.99 Å². The molecule has 168 valence electrons. The number of unbranched alkanes of at least 4 members (excludes halogenated alkanes) is 1. The molecule has 0 radical (unpaired) electrons. The Morgan fingerprint density at radius 2 is 1.63 bits per heavy atom. The van der Waals surface area contributed by atoms with Gasteiger partial charge in [0, 0.05) is 18.9 Å². The number of rotatable bonds is 5. The molecular formula is C19H31N5O6. The molecule has 1 heterocycles. The Morgan fingerprint density at radius 3 is 2.20 bits per heavy atom. The van der Waals surface area contributed by atoms with Crippen LogP contribution < -0.4 is 10.6 Å². The van der Waals surface area contributed by atoms with E-state index >= 15 is 0 Å². The highest BCUT2D eigenvalue weighted by Gasteiger charge is 2.19. The van der Waals surface area contributed by atoms with Crippen molar-refractivity contribution in [3.63, 3.8) is 0 Å². The van der Waals surface area contributed by atoms with Crippen LogP contribution in [0, 0.1) is 0 Å². The van der Waals surface area contributed by atoms with Crippen LogP contribution in [0.5, 0.6) is 0 Å². The van der Waals surface area contributed by atoms with Gasteiger partial charge in [0.1, 0.15) is 11.2 Å². The van der Waals surface area contributed by atoms with Crippen molar-refractivity contribution in [2.75, 3.05) is 13.2 Å². The van der Waals surface area contributed by atoms with Gasteiger partial charge >= 0.3 is 18.3 Å². The van der Waals surface area contributed by atoms with Crippen molar-refractivity contribution in [3.8, 4) is 0 Å². The van der Waals surface area contributed by atoms with E-state index in [0.29, 0.717) is 19.4 Å². The Labute approximate surface area is 176 Å². The minimum absolute atomic E-state index is 0.0944. The Hall–Kier alpha value is -3.11. The topological polar surface area (TPSA) is 133 Å². The summed E-state index contributed by atoms with van der Waals surface area (Å²) in [6.45, 7) is 11.0. The second kappa shape index (κ2) is 11.2. The van der Waals surface area contributed by atoms with Gasteiger partial charge in [-0.3, -0.25) is 5.32 Å². The predicted molar refractivity (Wildman–Crippen MR) is 109 cm³/mol. The summed E-state index contributed by atoms with van der Waals surface area (Å²) >= 11 is 0. The number of hydrogen-bond acceptors (Lipinski definition) is 7. The number of carbonyl (C=O) groups is 3. The fourth-order valence-electron chi connectivity index (χ4n) is 1.94. The number of hydrogen-bond donors (Lipinski definition) is 2. The zero-order valence-corrected chi connectivity index (χ0v) is 18.4. The lowest BCUT2D eigenvalue weighted by Gasteiger charge is -2.20. The summed E-state index contributed by atoms with van der Waals surface area (Å²) in [6, 6.07) is 1.61. The maximum atomic E-state index is 12.0. The standard InChI is InChI=1S/C19H31N5O6/c1-18(2,3)29-15(25)20-10-7-8-13-28-16(26)22-14(24-12-9-11-21-24)23-17(27)30-19(4,5)6/h9,11-12H,7-8,10,13H2,1-6H3,(H,20,25)(H,22,23,26,27). The molecule has 2 N–H and O–H groups in total. The van der Waals surface area contributed by atoms with E-state index in [4.69, 9.17) is 14.2 Å². The van der Waals surface area contributed by atoms with Crippen molar-refractivity contribution >= 4 is 24.2 Å². The van der Waals surface area contributed by atoms with Crippen LogP contribution in [-0.2, 0) is 14.2 Å². The van der Waals surface area contributed by atoms with E-state index in [-0.39, 0.29) is 12.6 Å². The van der Waals surface area contributed by atoms with Gasteiger partial charge in [0.25, 0.3) is 0 Å². The Morgan fingerprint density at radius 1 is 1.00 bits per heavy atom. The first-order valence-electron chi connectivity index (χ1n) is 9.58. The minimum Gasteiger partial charge on any atom is -0.448 e. The van der Waals surface area contributed by atoms with E-state index in [9.17, 15) is 14.4 Å². The highest BCUT2D eigenvalue weighted by atomic mass is 16.6. The Balaban J connectivity index is 2.45. The molecule has 11 heteroatoms. The number of ether oxygens (including phenoxy) is 3. The van der Waals surface area contributed by atoms with E-state index in [2.05, 4.69) is 20.7 Å². The Bertz CT molecular complexity index is 732. The van der Waals surface area contributed by atoms with Gasteiger partial charge < -0.3 is 19.5 Å². The largest absolute Gasteiger partial charge is 0.448 e. The van der Waals surface area contributed by atoms with Crippen LogP contribution in [0.15, 0.2) is 23.5 Å². The summed E-state index contributed by atoms with van der Waals surface area (Å²) in [5, 5.41) is 8.93. The maximum Gasteiger partial charge on any atom is 0.436 e. The quantitative estimate of drug-likeness (QED) is 0.320. The van der Waals surface area contributed by atoms with E-state index in [1.54, 1.807) is 47.6 Å². The highest BCUT2D eigenvalue weighted by Crippen LogP contribution is 2.07. The van der Waals surface area contributed by atoms with Gasteiger partial charge in [0.2, 0.25) is 5.96 Å². The van der Waals surface area contributed by atoms with Crippen molar-refractivity contribution in [1.82, 2.24) is 20.4 Å². The van der Waals surface area contributed by atoms with Crippen LogP contribution >= 0.6 is 0 Å². The molecule has 0 spiro atoms. The van der Waals surface area contributed by atoms with Gasteiger partial charge in [-0.1, -0.05) is 0 Å². The molecule has 0 aliphatic rings. The molecule has 3 amide bonds. The zero-order chi connectivity index (χ0) is 22.8. The average Bonchev–Trinajstić information content (AvgIpc) is 3.08. The van der Waals surface area contributed by atoms with E-state index in [0.717, 1.165) is 0 Å². The molecule has 1 aromatic heterocycles. The van der Waals surface area contributed by atoms with Crippen molar-refractivity contribution < 1.29 is 28.6 Å². The summed E-state index contributed by atoms with van der Waals surface area (Å²) in [6.07, 6.45) is 1.89. The molecule has 0 aromatic carbocycles. The lowest BCUT2D eigenvalue weighted by atomic mass is 10.2. The number of nitrogens with one attached hydrogen (secondary N) is 2. The maximum absolute atomic E-state index is 12.0. The number of aliphatic imine (C=N–C) groups is 1. The summed E-state index contributed by atoms with van der Waals surface area (Å²) in [7, 11) is 0. The number of aromatic nitrogens is 2. The van der Waals surface area contributed by atoms with Crippen LogP contribution in [0.1, 0.15) is 54.4 Å². The molecule has 1 rings (SSSR count). The average molecular weight is 425 g/mol. The van der Waals surface area contributed by atoms with Crippen LogP contribution in [0.4, 0.5) is 14.4 Å². The van der Waals surface area contributed by atoms with Gasteiger partial charge in [-0.2, -0.15) is 5.10 Å². The molecule has 0 unspecified atom stereocenters. The summed E-state index contributed by atoms with van der Waals surface area (Å²) in [5.41, 5.74) is -1.27. The minimum atomic E-state index is -0.892.